The summed E-state index contributed by atoms with van der Waals surface area (Å²) >= 11 is 6.19. The summed E-state index contributed by atoms with van der Waals surface area (Å²) in [7, 11) is 0. The van der Waals surface area contributed by atoms with Crippen LogP contribution in [0.4, 0.5) is 4.39 Å². The van der Waals surface area contributed by atoms with Gasteiger partial charge >= 0.3 is 0 Å². The van der Waals surface area contributed by atoms with Gasteiger partial charge in [0.2, 0.25) is 5.91 Å². The highest BCUT2D eigenvalue weighted by molar-refractivity contribution is 6.33. The predicted octanol–water partition coefficient (Wildman–Crippen LogP) is 4.45. The van der Waals surface area contributed by atoms with Crippen molar-refractivity contribution in [3.05, 3.63) is 76.4 Å². The van der Waals surface area contributed by atoms with Crippen LogP contribution in [0.3, 0.4) is 0 Å². The van der Waals surface area contributed by atoms with Crippen LogP contribution in [0.5, 0.6) is 0 Å². The van der Waals surface area contributed by atoms with Gasteiger partial charge in [0.05, 0.1) is 17.0 Å². The first kappa shape index (κ1) is 22.2. The number of nitrogens with one attached hydrogen (secondary N) is 1. The number of piperazine rings is 1. The SMILES string of the molecule is Cc1onc(-c2c(F)cccc2Cl)c1C(=O)N1CCN(C(=O)Cc2c[nH]c3ccccc23)CC1. The molecule has 34 heavy (non-hydrogen) atoms. The van der Waals surface area contributed by atoms with Crippen molar-refractivity contribution in [3.8, 4) is 11.3 Å². The van der Waals surface area contributed by atoms with E-state index >= 15 is 0 Å². The molecule has 1 N–H and O–H groups in total. The summed E-state index contributed by atoms with van der Waals surface area (Å²) < 4.78 is 19.7. The second-order valence-corrected chi connectivity index (χ2v) is 8.68. The Morgan fingerprint density at radius 2 is 1.82 bits per heavy atom. The first-order chi connectivity index (χ1) is 16.4. The lowest BCUT2D eigenvalue weighted by Gasteiger charge is -2.34. The standard InChI is InChI=1S/C25H22ClFN4O3/c1-15-22(24(29-34-15)23-18(26)6-4-7-19(23)27)25(33)31-11-9-30(10-12-31)21(32)13-16-14-28-20-8-3-2-5-17(16)20/h2-8,14,28H,9-13H2,1H3. The summed E-state index contributed by atoms with van der Waals surface area (Å²) in [5.74, 6) is -0.603. The maximum Gasteiger partial charge on any atom is 0.259 e. The monoisotopic (exact) mass is 480 g/mol. The van der Waals surface area contributed by atoms with E-state index in [4.69, 9.17) is 16.1 Å². The number of nitrogens with zero attached hydrogens (tertiary/aromatic N) is 3. The molecule has 4 aromatic rings. The van der Waals surface area contributed by atoms with Crippen LogP contribution < -0.4 is 0 Å². The average Bonchev–Trinajstić information content (AvgIpc) is 3.42. The van der Waals surface area contributed by atoms with Crippen molar-refractivity contribution in [2.75, 3.05) is 26.2 Å². The number of rotatable bonds is 4. The fraction of sp³-hybridized carbons (Fsp3) is 0.240. The molecular formula is C25H22ClFN4O3. The normalized spacial score (nSPS) is 14.1. The zero-order valence-corrected chi connectivity index (χ0v) is 19.2. The number of aryl methyl sites for hydroxylation is 1. The summed E-state index contributed by atoms with van der Waals surface area (Å²) in [6.45, 7) is 3.14. The van der Waals surface area contributed by atoms with E-state index in [1.54, 1.807) is 16.7 Å². The van der Waals surface area contributed by atoms with Crippen LogP contribution in [-0.4, -0.2) is 57.9 Å². The van der Waals surface area contributed by atoms with Crippen LogP contribution in [0.2, 0.25) is 5.02 Å². The van der Waals surface area contributed by atoms with Gasteiger partial charge in [-0.15, -0.1) is 0 Å². The zero-order chi connectivity index (χ0) is 23.8. The smallest absolute Gasteiger partial charge is 0.259 e. The Morgan fingerprint density at radius 1 is 1.09 bits per heavy atom. The number of carbonyl (C=O) groups excluding carboxylic acids is 2. The number of fused-ring (bicyclic) bond motifs is 1. The molecule has 1 saturated heterocycles. The second kappa shape index (κ2) is 8.95. The van der Waals surface area contributed by atoms with Crippen LogP contribution in [0.1, 0.15) is 21.7 Å². The Labute approximate surface area is 200 Å². The Morgan fingerprint density at radius 3 is 2.59 bits per heavy atom. The van der Waals surface area contributed by atoms with Crippen molar-refractivity contribution in [3.63, 3.8) is 0 Å². The minimum atomic E-state index is -0.581. The molecule has 0 spiro atoms. The van der Waals surface area contributed by atoms with E-state index in [-0.39, 0.29) is 39.4 Å². The van der Waals surface area contributed by atoms with Crippen molar-refractivity contribution in [2.45, 2.75) is 13.3 Å². The largest absolute Gasteiger partial charge is 0.361 e. The van der Waals surface area contributed by atoms with E-state index in [0.29, 0.717) is 32.6 Å². The summed E-state index contributed by atoms with van der Waals surface area (Å²) in [6, 6.07) is 12.2. The lowest BCUT2D eigenvalue weighted by atomic mass is 10.0. The van der Waals surface area contributed by atoms with Gasteiger partial charge in [-0.1, -0.05) is 41.0 Å². The molecule has 2 aromatic heterocycles. The molecule has 1 fully saturated rings. The van der Waals surface area contributed by atoms with Gasteiger partial charge in [-0.2, -0.15) is 0 Å². The molecular weight excluding hydrogens is 459 g/mol. The molecule has 0 bridgehead atoms. The van der Waals surface area contributed by atoms with Gasteiger partial charge in [-0.3, -0.25) is 9.59 Å². The maximum atomic E-state index is 14.5. The van der Waals surface area contributed by atoms with Crippen LogP contribution in [0.15, 0.2) is 53.2 Å². The minimum absolute atomic E-state index is 0.0110. The number of carbonyl (C=O) groups is 2. The summed E-state index contributed by atoms with van der Waals surface area (Å²) in [5.41, 5.74) is 2.26. The molecule has 0 unspecified atom stereocenters. The molecule has 9 heteroatoms. The molecule has 5 rings (SSSR count). The fourth-order valence-corrected chi connectivity index (χ4v) is 4.64. The third-order valence-corrected chi connectivity index (χ3v) is 6.53. The van der Waals surface area contributed by atoms with Gasteiger partial charge in [0.25, 0.3) is 5.91 Å². The topological polar surface area (TPSA) is 82.4 Å². The Kier molecular flexibility index (Phi) is 5.83. The fourth-order valence-electron chi connectivity index (χ4n) is 4.39. The molecule has 3 heterocycles. The zero-order valence-electron chi connectivity index (χ0n) is 18.5. The number of hydrogen-bond acceptors (Lipinski definition) is 4. The highest BCUT2D eigenvalue weighted by atomic mass is 35.5. The lowest BCUT2D eigenvalue weighted by Crippen LogP contribution is -2.51. The van der Waals surface area contributed by atoms with Gasteiger partial charge < -0.3 is 19.3 Å². The quantitative estimate of drug-likeness (QED) is 0.468. The summed E-state index contributed by atoms with van der Waals surface area (Å²) in [4.78, 5) is 32.8. The van der Waals surface area contributed by atoms with E-state index in [9.17, 15) is 14.0 Å². The second-order valence-electron chi connectivity index (χ2n) is 8.27. The molecule has 174 valence electrons. The first-order valence-corrected chi connectivity index (χ1v) is 11.3. The lowest BCUT2D eigenvalue weighted by molar-refractivity contribution is -0.131. The molecule has 0 radical (unpaired) electrons. The third kappa shape index (κ3) is 3.94. The number of H-pyrrole nitrogens is 1. The molecule has 0 saturated carbocycles. The molecule has 1 aliphatic rings. The number of halogens is 2. The highest BCUT2D eigenvalue weighted by Gasteiger charge is 2.31. The summed E-state index contributed by atoms with van der Waals surface area (Å²) in [5, 5.41) is 5.10. The van der Waals surface area contributed by atoms with Crippen molar-refractivity contribution < 1.29 is 18.5 Å². The van der Waals surface area contributed by atoms with E-state index in [1.165, 1.54) is 18.2 Å². The Balaban J connectivity index is 1.29. The van der Waals surface area contributed by atoms with Gasteiger partial charge in [0, 0.05) is 43.3 Å². The minimum Gasteiger partial charge on any atom is -0.361 e. The molecule has 0 aliphatic carbocycles. The van der Waals surface area contributed by atoms with E-state index in [2.05, 4.69) is 10.1 Å². The van der Waals surface area contributed by atoms with Crippen molar-refractivity contribution in [2.24, 2.45) is 0 Å². The van der Waals surface area contributed by atoms with Crippen LogP contribution >= 0.6 is 11.6 Å². The van der Waals surface area contributed by atoms with E-state index in [0.717, 1.165) is 16.5 Å². The number of amides is 2. The van der Waals surface area contributed by atoms with Crippen molar-refractivity contribution >= 4 is 34.3 Å². The third-order valence-electron chi connectivity index (χ3n) is 6.21. The number of benzene rings is 2. The van der Waals surface area contributed by atoms with Crippen LogP contribution in [0.25, 0.3) is 22.2 Å². The highest BCUT2D eigenvalue weighted by Crippen LogP contribution is 2.34. The number of hydrogen-bond donors (Lipinski definition) is 1. The van der Waals surface area contributed by atoms with Gasteiger partial charge in [0.15, 0.2) is 0 Å². The maximum absolute atomic E-state index is 14.5. The van der Waals surface area contributed by atoms with Gasteiger partial charge in [-0.05, 0) is 30.7 Å². The number of aromatic nitrogens is 2. The average molecular weight is 481 g/mol. The summed E-state index contributed by atoms with van der Waals surface area (Å²) in [6.07, 6.45) is 2.16. The Hall–Kier alpha value is -3.65. The molecule has 7 nitrogen and oxygen atoms in total. The van der Waals surface area contributed by atoms with Gasteiger partial charge in [-0.25, -0.2) is 4.39 Å². The van der Waals surface area contributed by atoms with Crippen LogP contribution in [0, 0.1) is 12.7 Å². The van der Waals surface area contributed by atoms with Gasteiger partial charge in [0.1, 0.15) is 22.8 Å². The van der Waals surface area contributed by atoms with E-state index in [1.807, 2.05) is 30.5 Å². The molecule has 1 aliphatic heterocycles. The first-order valence-electron chi connectivity index (χ1n) is 11.0. The molecule has 2 aromatic carbocycles. The number of para-hydroxylation sites is 1. The van der Waals surface area contributed by atoms with Crippen molar-refractivity contribution in [1.29, 1.82) is 0 Å². The van der Waals surface area contributed by atoms with Crippen LogP contribution in [-0.2, 0) is 11.2 Å². The Bertz CT molecular complexity index is 1370. The molecule has 0 atom stereocenters. The molecule has 2 amide bonds. The van der Waals surface area contributed by atoms with E-state index < -0.39 is 5.82 Å². The predicted molar refractivity (Wildman–Crippen MR) is 126 cm³/mol. The number of aromatic amines is 1. The van der Waals surface area contributed by atoms with Crippen molar-refractivity contribution in [1.82, 2.24) is 19.9 Å².